The molecule has 3 nitrogen and oxygen atoms in total. The third kappa shape index (κ3) is 2.95. The van der Waals surface area contributed by atoms with Crippen LogP contribution in [0.4, 0.5) is 0 Å². The van der Waals surface area contributed by atoms with E-state index in [1.807, 2.05) is 7.05 Å². The van der Waals surface area contributed by atoms with Crippen LogP contribution in [0.5, 0.6) is 0 Å². The summed E-state index contributed by atoms with van der Waals surface area (Å²) in [6.45, 7) is 2.69. The molecule has 0 heterocycles. The van der Waals surface area contributed by atoms with E-state index in [1.54, 1.807) is 6.92 Å². The second-order valence-electron chi connectivity index (χ2n) is 4.37. The summed E-state index contributed by atoms with van der Waals surface area (Å²) in [5, 5.41) is 3.17. The van der Waals surface area contributed by atoms with Crippen LogP contribution in [-0.2, 0) is 9.84 Å². The Morgan fingerprint density at radius 2 is 2.00 bits per heavy atom. The standard InChI is InChI=1S/C10H21NO2S/c1-3-14(12,13)8-7-10(9-11-2)5-4-6-10/h11H,3-9H2,1-2H3. The molecule has 0 aliphatic heterocycles. The van der Waals surface area contributed by atoms with Gasteiger partial charge in [-0.3, -0.25) is 0 Å². The van der Waals surface area contributed by atoms with Gasteiger partial charge in [0.2, 0.25) is 0 Å². The fraction of sp³-hybridized carbons (Fsp3) is 1.00. The van der Waals surface area contributed by atoms with E-state index in [1.165, 1.54) is 19.3 Å². The molecule has 1 rings (SSSR count). The van der Waals surface area contributed by atoms with Crippen molar-refractivity contribution in [2.45, 2.75) is 32.6 Å². The molecule has 0 unspecified atom stereocenters. The quantitative estimate of drug-likeness (QED) is 0.730. The SMILES string of the molecule is CCS(=O)(=O)CCC1(CNC)CCC1. The molecule has 1 saturated carbocycles. The number of rotatable bonds is 6. The highest BCUT2D eigenvalue weighted by atomic mass is 32.2. The van der Waals surface area contributed by atoms with Crippen LogP contribution < -0.4 is 5.32 Å². The average Bonchev–Trinajstić information content (AvgIpc) is 2.09. The first-order chi connectivity index (χ1) is 6.54. The van der Waals surface area contributed by atoms with Gasteiger partial charge in [-0.2, -0.15) is 0 Å². The number of nitrogens with one attached hydrogen (secondary N) is 1. The van der Waals surface area contributed by atoms with E-state index in [2.05, 4.69) is 5.32 Å². The third-order valence-electron chi connectivity index (χ3n) is 3.35. The third-order valence-corrected chi connectivity index (χ3v) is 5.05. The van der Waals surface area contributed by atoms with Gasteiger partial charge in [0.25, 0.3) is 0 Å². The Morgan fingerprint density at radius 3 is 2.36 bits per heavy atom. The monoisotopic (exact) mass is 219 g/mol. The van der Waals surface area contributed by atoms with Crippen LogP contribution in [0.2, 0.25) is 0 Å². The lowest BCUT2D eigenvalue weighted by molar-refractivity contribution is 0.128. The smallest absolute Gasteiger partial charge is 0.150 e. The number of sulfone groups is 1. The molecule has 0 spiro atoms. The molecule has 84 valence electrons. The Hall–Kier alpha value is -0.0900. The molecule has 14 heavy (non-hydrogen) atoms. The highest BCUT2D eigenvalue weighted by molar-refractivity contribution is 7.91. The first-order valence-corrected chi connectivity index (χ1v) is 7.21. The van der Waals surface area contributed by atoms with Crippen LogP contribution in [0.1, 0.15) is 32.6 Å². The molecule has 0 atom stereocenters. The van der Waals surface area contributed by atoms with Gasteiger partial charge >= 0.3 is 0 Å². The zero-order chi connectivity index (χ0) is 10.7. The van der Waals surface area contributed by atoms with Crippen LogP contribution in [0.25, 0.3) is 0 Å². The predicted octanol–water partition coefficient (Wildman–Crippen LogP) is 1.20. The lowest BCUT2D eigenvalue weighted by Gasteiger charge is -2.42. The van der Waals surface area contributed by atoms with Crippen LogP contribution in [-0.4, -0.2) is 33.5 Å². The molecule has 0 amide bonds. The Labute approximate surface area is 87.2 Å². The lowest BCUT2D eigenvalue weighted by Crippen LogP contribution is -2.40. The summed E-state index contributed by atoms with van der Waals surface area (Å²) in [5.74, 6) is 0.647. The molecule has 0 aromatic heterocycles. The zero-order valence-corrected chi connectivity index (χ0v) is 9.99. The van der Waals surface area contributed by atoms with E-state index < -0.39 is 9.84 Å². The first-order valence-electron chi connectivity index (χ1n) is 5.39. The van der Waals surface area contributed by atoms with E-state index in [9.17, 15) is 8.42 Å². The fourth-order valence-electron chi connectivity index (χ4n) is 2.08. The summed E-state index contributed by atoms with van der Waals surface area (Å²) in [4.78, 5) is 0. The van der Waals surface area contributed by atoms with Crippen LogP contribution in [0, 0.1) is 5.41 Å². The van der Waals surface area contributed by atoms with Gasteiger partial charge in [0.15, 0.2) is 0 Å². The second kappa shape index (κ2) is 4.62. The molecule has 0 bridgehead atoms. The molecule has 1 N–H and O–H groups in total. The van der Waals surface area contributed by atoms with E-state index in [-0.39, 0.29) is 11.2 Å². The molecular weight excluding hydrogens is 198 g/mol. The van der Waals surface area contributed by atoms with E-state index in [0.717, 1.165) is 13.0 Å². The summed E-state index contributed by atoms with van der Waals surface area (Å²) in [6.07, 6.45) is 4.47. The van der Waals surface area contributed by atoms with Crippen molar-refractivity contribution >= 4 is 9.84 Å². The topological polar surface area (TPSA) is 46.2 Å². The van der Waals surface area contributed by atoms with Crippen molar-refractivity contribution < 1.29 is 8.42 Å². The second-order valence-corrected chi connectivity index (χ2v) is 6.84. The predicted molar refractivity (Wildman–Crippen MR) is 59.2 cm³/mol. The molecule has 0 aromatic carbocycles. The molecule has 0 radical (unpaired) electrons. The minimum absolute atomic E-state index is 0.280. The van der Waals surface area contributed by atoms with E-state index >= 15 is 0 Å². The van der Waals surface area contributed by atoms with Crippen LogP contribution in [0.3, 0.4) is 0 Å². The maximum atomic E-state index is 11.4. The van der Waals surface area contributed by atoms with Crippen molar-refractivity contribution in [3.05, 3.63) is 0 Å². The normalized spacial score (nSPS) is 20.4. The van der Waals surface area contributed by atoms with Gasteiger partial charge in [-0.1, -0.05) is 13.3 Å². The summed E-state index contributed by atoms with van der Waals surface area (Å²) in [6, 6.07) is 0. The Balaban J connectivity index is 2.42. The molecule has 4 heteroatoms. The zero-order valence-electron chi connectivity index (χ0n) is 9.17. The van der Waals surface area contributed by atoms with Gasteiger partial charge in [0, 0.05) is 12.3 Å². The Kier molecular flexibility index (Phi) is 3.95. The minimum atomic E-state index is -2.77. The summed E-state index contributed by atoms with van der Waals surface area (Å²) in [5.41, 5.74) is 0.289. The minimum Gasteiger partial charge on any atom is -0.319 e. The molecule has 1 aliphatic rings. The van der Waals surface area contributed by atoms with Gasteiger partial charge < -0.3 is 5.32 Å². The van der Waals surface area contributed by atoms with Gasteiger partial charge in [-0.05, 0) is 31.7 Å². The highest BCUT2D eigenvalue weighted by Gasteiger charge is 2.36. The van der Waals surface area contributed by atoms with Crippen molar-refractivity contribution in [1.29, 1.82) is 0 Å². The maximum absolute atomic E-state index is 11.4. The molecule has 1 aliphatic carbocycles. The van der Waals surface area contributed by atoms with Crippen molar-refractivity contribution in [1.82, 2.24) is 5.32 Å². The highest BCUT2D eigenvalue weighted by Crippen LogP contribution is 2.43. The van der Waals surface area contributed by atoms with Crippen molar-refractivity contribution in [2.24, 2.45) is 5.41 Å². The number of hydrogen-bond donors (Lipinski definition) is 1. The molecule has 1 fully saturated rings. The first kappa shape index (κ1) is 12.0. The lowest BCUT2D eigenvalue weighted by atomic mass is 9.67. The summed E-state index contributed by atoms with van der Waals surface area (Å²) in [7, 11) is -0.836. The molecule has 0 aromatic rings. The maximum Gasteiger partial charge on any atom is 0.150 e. The average molecular weight is 219 g/mol. The molecule has 0 saturated heterocycles. The molecular formula is C10H21NO2S. The van der Waals surface area contributed by atoms with Gasteiger partial charge in [-0.15, -0.1) is 0 Å². The number of hydrogen-bond acceptors (Lipinski definition) is 3. The van der Waals surface area contributed by atoms with Crippen LogP contribution in [0.15, 0.2) is 0 Å². The van der Waals surface area contributed by atoms with Gasteiger partial charge in [0.1, 0.15) is 9.84 Å². The largest absolute Gasteiger partial charge is 0.319 e. The van der Waals surface area contributed by atoms with Crippen molar-refractivity contribution in [3.8, 4) is 0 Å². The van der Waals surface area contributed by atoms with Gasteiger partial charge in [-0.25, -0.2) is 8.42 Å². The van der Waals surface area contributed by atoms with Crippen LogP contribution >= 0.6 is 0 Å². The Bertz CT molecular complexity index is 268. The summed E-state index contributed by atoms with van der Waals surface area (Å²) >= 11 is 0. The van der Waals surface area contributed by atoms with E-state index in [4.69, 9.17) is 0 Å². The summed E-state index contributed by atoms with van der Waals surface area (Å²) < 4.78 is 22.7. The van der Waals surface area contributed by atoms with Crippen molar-refractivity contribution in [2.75, 3.05) is 25.1 Å². The van der Waals surface area contributed by atoms with E-state index in [0.29, 0.717) is 5.75 Å². The van der Waals surface area contributed by atoms with Crippen molar-refractivity contribution in [3.63, 3.8) is 0 Å². The van der Waals surface area contributed by atoms with Gasteiger partial charge in [0.05, 0.1) is 5.75 Å². The fourth-order valence-corrected chi connectivity index (χ4v) is 3.12. The Morgan fingerprint density at radius 1 is 1.36 bits per heavy atom.